The predicted molar refractivity (Wildman–Crippen MR) is 61.7 cm³/mol. The van der Waals surface area contributed by atoms with Crippen LogP contribution in [0.3, 0.4) is 0 Å². The Morgan fingerprint density at radius 1 is 1.17 bits per heavy atom. The molecule has 4 N–H and O–H groups in total. The van der Waals surface area contributed by atoms with Crippen LogP contribution in [-0.2, 0) is 9.47 Å². The van der Waals surface area contributed by atoms with Crippen molar-refractivity contribution in [2.24, 2.45) is 5.41 Å². The lowest BCUT2D eigenvalue weighted by Crippen LogP contribution is -2.49. The van der Waals surface area contributed by atoms with Crippen molar-refractivity contribution in [1.29, 1.82) is 0 Å². The van der Waals surface area contributed by atoms with Gasteiger partial charge in [-0.2, -0.15) is 0 Å². The third-order valence-corrected chi connectivity index (χ3v) is 4.24. The molecule has 0 aromatic rings. The Labute approximate surface area is 106 Å². The number of aliphatic hydroxyl groups excluding tert-OH is 3. The maximum atomic E-state index is 10.2. The average molecular weight is 262 g/mol. The van der Waals surface area contributed by atoms with Gasteiger partial charge in [0, 0.05) is 5.41 Å². The summed E-state index contributed by atoms with van der Waals surface area (Å²) in [7, 11) is 0. The normalized spacial score (nSPS) is 44.7. The highest BCUT2D eigenvalue weighted by molar-refractivity contribution is 5.25. The third-order valence-electron chi connectivity index (χ3n) is 4.24. The largest absolute Gasteiger partial charge is 0.389 e. The summed E-state index contributed by atoms with van der Waals surface area (Å²) in [5.74, 6) is -0.814. The minimum atomic E-state index is -1.71. The second kappa shape index (κ2) is 3.88. The Kier molecular flexibility index (Phi) is 3.05. The maximum Gasteiger partial charge on any atom is 0.163 e. The zero-order valence-electron chi connectivity index (χ0n) is 11.1. The number of ether oxygens (including phenoxy) is 2. The average Bonchev–Trinajstić information content (AvgIpc) is 2.62. The fourth-order valence-corrected chi connectivity index (χ4v) is 2.64. The second-order valence-corrected chi connectivity index (χ2v) is 6.25. The summed E-state index contributed by atoms with van der Waals surface area (Å²) >= 11 is 0. The lowest BCUT2D eigenvalue weighted by atomic mass is 9.95. The van der Waals surface area contributed by atoms with Gasteiger partial charge in [0.2, 0.25) is 0 Å². The summed E-state index contributed by atoms with van der Waals surface area (Å²) < 4.78 is 10.7. The van der Waals surface area contributed by atoms with Gasteiger partial charge in [-0.05, 0) is 13.8 Å². The van der Waals surface area contributed by atoms with Crippen molar-refractivity contribution in [2.75, 3.05) is 6.61 Å². The molecule has 6 nitrogen and oxygen atoms in total. The molecule has 1 saturated carbocycles. The molecule has 1 unspecified atom stereocenters. The molecule has 0 radical (unpaired) electrons. The molecule has 2 fully saturated rings. The molecule has 1 aliphatic carbocycles. The van der Waals surface area contributed by atoms with Gasteiger partial charge < -0.3 is 29.9 Å². The first kappa shape index (κ1) is 14.2. The highest BCUT2D eigenvalue weighted by Crippen LogP contribution is 2.58. The molecule has 0 aromatic heterocycles. The van der Waals surface area contributed by atoms with Crippen LogP contribution < -0.4 is 0 Å². The maximum absolute atomic E-state index is 10.2. The highest BCUT2D eigenvalue weighted by atomic mass is 16.7. The van der Waals surface area contributed by atoms with Crippen molar-refractivity contribution in [1.82, 2.24) is 0 Å². The zero-order chi connectivity index (χ0) is 13.9. The molecule has 0 spiro atoms. The van der Waals surface area contributed by atoms with Gasteiger partial charge in [-0.15, -0.1) is 0 Å². The lowest BCUT2D eigenvalue weighted by molar-refractivity contribution is -0.175. The van der Waals surface area contributed by atoms with Crippen molar-refractivity contribution >= 4 is 0 Å². The van der Waals surface area contributed by atoms with E-state index < -0.39 is 41.2 Å². The van der Waals surface area contributed by atoms with E-state index in [1.165, 1.54) is 0 Å². The van der Waals surface area contributed by atoms with Crippen LogP contribution in [0.25, 0.3) is 0 Å². The molecular formula is C12H22O6. The van der Waals surface area contributed by atoms with Crippen molar-refractivity contribution in [3.05, 3.63) is 0 Å². The molecule has 18 heavy (non-hydrogen) atoms. The van der Waals surface area contributed by atoms with Gasteiger partial charge in [0.15, 0.2) is 5.79 Å². The standard InChI is InChI=1S/C12H22O6/c1-10(2)9(15)12(10,16)8(14)7(13)6-5-17-11(3,4)18-6/h6-9,13-16H,5H2,1-4H3/t6-,7-,8+,9?,12+/m1/s1. The van der Waals surface area contributed by atoms with Gasteiger partial charge >= 0.3 is 0 Å². The summed E-state index contributed by atoms with van der Waals surface area (Å²) in [6.45, 7) is 6.80. The zero-order valence-corrected chi connectivity index (χ0v) is 11.1. The van der Waals surface area contributed by atoms with E-state index in [-0.39, 0.29) is 6.61 Å². The Morgan fingerprint density at radius 3 is 2.00 bits per heavy atom. The minimum Gasteiger partial charge on any atom is -0.389 e. The molecule has 2 aliphatic rings. The van der Waals surface area contributed by atoms with Crippen molar-refractivity contribution in [3.8, 4) is 0 Å². The smallest absolute Gasteiger partial charge is 0.163 e. The molecule has 2 rings (SSSR count). The van der Waals surface area contributed by atoms with E-state index >= 15 is 0 Å². The third kappa shape index (κ3) is 1.79. The molecule has 0 bridgehead atoms. The number of hydrogen-bond donors (Lipinski definition) is 4. The minimum absolute atomic E-state index is 0.137. The molecular weight excluding hydrogens is 240 g/mol. The van der Waals surface area contributed by atoms with E-state index in [1.807, 2.05) is 0 Å². The molecule has 6 heteroatoms. The summed E-state index contributed by atoms with van der Waals surface area (Å²) in [6, 6.07) is 0. The summed E-state index contributed by atoms with van der Waals surface area (Å²) in [5.41, 5.74) is -2.55. The van der Waals surface area contributed by atoms with Crippen molar-refractivity contribution < 1.29 is 29.9 Å². The first-order valence-corrected chi connectivity index (χ1v) is 6.12. The molecule has 0 aromatic carbocycles. The fraction of sp³-hybridized carbons (Fsp3) is 1.00. The molecule has 1 heterocycles. The molecule has 0 amide bonds. The number of hydrogen-bond acceptors (Lipinski definition) is 6. The predicted octanol–water partition coefficient (Wildman–Crippen LogP) is -1.01. The second-order valence-electron chi connectivity index (χ2n) is 6.25. The van der Waals surface area contributed by atoms with Crippen molar-refractivity contribution in [3.63, 3.8) is 0 Å². The quantitative estimate of drug-likeness (QED) is 0.520. The SMILES string of the molecule is CC1(C)OC[C@H]([C@@H](O)[C@H](O)[C@]2(O)C(O)C2(C)C)O1. The molecule has 5 atom stereocenters. The lowest BCUT2D eigenvalue weighted by Gasteiger charge is -2.28. The van der Waals surface area contributed by atoms with E-state index in [0.29, 0.717) is 0 Å². The highest BCUT2D eigenvalue weighted by Gasteiger charge is 2.75. The van der Waals surface area contributed by atoms with Gasteiger partial charge in [0.25, 0.3) is 0 Å². The fourth-order valence-electron chi connectivity index (χ4n) is 2.64. The van der Waals surface area contributed by atoms with Crippen LogP contribution in [0.4, 0.5) is 0 Å². The molecule has 106 valence electrons. The Hall–Kier alpha value is -0.240. The van der Waals surface area contributed by atoms with E-state index in [2.05, 4.69) is 0 Å². The summed E-state index contributed by atoms with van der Waals surface area (Å²) in [5, 5.41) is 40.0. The van der Waals surface area contributed by atoms with E-state index in [1.54, 1.807) is 27.7 Å². The summed E-state index contributed by atoms with van der Waals surface area (Å²) in [4.78, 5) is 0. The van der Waals surface area contributed by atoms with Crippen LogP contribution in [0.5, 0.6) is 0 Å². The van der Waals surface area contributed by atoms with Crippen LogP contribution in [0.15, 0.2) is 0 Å². The van der Waals surface area contributed by atoms with Gasteiger partial charge in [-0.25, -0.2) is 0 Å². The topological polar surface area (TPSA) is 99.4 Å². The van der Waals surface area contributed by atoms with Crippen LogP contribution in [0, 0.1) is 5.41 Å². The number of aliphatic hydroxyl groups is 4. The van der Waals surface area contributed by atoms with E-state index in [0.717, 1.165) is 0 Å². The van der Waals surface area contributed by atoms with Gasteiger partial charge in [-0.3, -0.25) is 0 Å². The van der Waals surface area contributed by atoms with Crippen molar-refractivity contribution in [2.45, 2.75) is 63.5 Å². The van der Waals surface area contributed by atoms with Crippen LogP contribution in [-0.4, -0.2) is 62.8 Å². The molecule has 1 aliphatic heterocycles. The van der Waals surface area contributed by atoms with Crippen LogP contribution in [0.1, 0.15) is 27.7 Å². The number of rotatable bonds is 3. The van der Waals surface area contributed by atoms with E-state index in [4.69, 9.17) is 9.47 Å². The first-order valence-electron chi connectivity index (χ1n) is 6.12. The van der Waals surface area contributed by atoms with Crippen LogP contribution >= 0.6 is 0 Å². The van der Waals surface area contributed by atoms with Gasteiger partial charge in [0.05, 0.1) is 12.7 Å². The summed E-state index contributed by atoms with van der Waals surface area (Å²) in [6.07, 6.45) is -4.58. The van der Waals surface area contributed by atoms with Crippen LogP contribution in [0.2, 0.25) is 0 Å². The van der Waals surface area contributed by atoms with E-state index in [9.17, 15) is 20.4 Å². The Bertz CT molecular complexity index is 341. The first-order chi connectivity index (χ1) is 8.04. The Morgan fingerprint density at radius 2 is 1.67 bits per heavy atom. The molecule has 1 saturated heterocycles. The Balaban J connectivity index is 2.05. The monoisotopic (exact) mass is 262 g/mol. The van der Waals surface area contributed by atoms with Gasteiger partial charge in [0.1, 0.15) is 23.9 Å². The van der Waals surface area contributed by atoms with Gasteiger partial charge in [-0.1, -0.05) is 13.8 Å².